The van der Waals surface area contributed by atoms with E-state index in [0.717, 1.165) is 23.3 Å². The van der Waals surface area contributed by atoms with Gasteiger partial charge in [0.1, 0.15) is 12.4 Å². The maximum absolute atomic E-state index is 12.2. The average Bonchev–Trinajstić information content (AvgIpc) is 2.77. The molecule has 0 aromatic heterocycles. The van der Waals surface area contributed by atoms with Gasteiger partial charge in [-0.3, -0.25) is 4.79 Å². The van der Waals surface area contributed by atoms with Gasteiger partial charge in [-0.2, -0.15) is 0 Å². The molecule has 8 heteroatoms. The molecule has 2 rings (SSSR count). The van der Waals surface area contributed by atoms with Crippen LogP contribution < -0.4 is 20.7 Å². The first kappa shape index (κ1) is 27.7. The molecule has 0 aliphatic heterocycles. The molecular formula is C24H35IN4O3. The number of carbonyl (C=O) groups excluding carboxylic acids is 1. The Labute approximate surface area is 208 Å². The van der Waals surface area contributed by atoms with Crippen LogP contribution in [0.4, 0.5) is 0 Å². The van der Waals surface area contributed by atoms with E-state index in [0.29, 0.717) is 38.8 Å². The number of nitrogens with zero attached hydrogens (tertiary/aromatic N) is 1. The van der Waals surface area contributed by atoms with Crippen LogP contribution in [-0.4, -0.2) is 51.8 Å². The molecule has 176 valence electrons. The van der Waals surface area contributed by atoms with Crippen molar-refractivity contribution in [1.82, 2.24) is 16.0 Å². The zero-order valence-electron chi connectivity index (χ0n) is 19.1. The second-order valence-corrected chi connectivity index (χ2v) is 7.09. The first-order valence-corrected chi connectivity index (χ1v) is 10.7. The molecule has 0 radical (unpaired) electrons. The number of halogens is 1. The minimum Gasteiger partial charge on any atom is -0.491 e. The second-order valence-electron chi connectivity index (χ2n) is 7.09. The van der Waals surface area contributed by atoms with Crippen LogP contribution in [0.1, 0.15) is 23.6 Å². The number of aliphatic imine (C=N–C) groups is 1. The van der Waals surface area contributed by atoms with Crippen molar-refractivity contribution < 1.29 is 14.3 Å². The van der Waals surface area contributed by atoms with Gasteiger partial charge in [0, 0.05) is 25.8 Å². The Morgan fingerprint density at radius 3 is 2.53 bits per heavy atom. The second kappa shape index (κ2) is 16.3. The predicted octanol–water partition coefficient (Wildman–Crippen LogP) is 3.05. The Bertz CT molecular complexity index is 831. The largest absolute Gasteiger partial charge is 0.491 e. The summed E-state index contributed by atoms with van der Waals surface area (Å²) in [5.41, 5.74) is 3.30. The van der Waals surface area contributed by atoms with Crippen molar-refractivity contribution in [2.24, 2.45) is 4.99 Å². The van der Waals surface area contributed by atoms with Crippen LogP contribution in [0, 0.1) is 6.92 Å². The highest BCUT2D eigenvalue weighted by molar-refractivity contribution is 14.0. The van der Waals surface area contributed by atoms with Crippen LogP contribution in [0.5, 0.6) is 5.75 Å². The summed E-state index contributed by atoms with van der Waals surface area (Å²) in [4.78, 5) is 16.8. The standard InChI is InChI=1S/C24H34N4O3.HI/c1-4-25-24(28-18-23(29)26-13-12-20-8-6-5-7-9-20)27-17-21-11-10-19(2)16-22(21)31-15-14-30-3;/h5-11,16H,4,12-15,17-18H2,1-3H3,(H,26,29)(H2,25,27,28);1H. The summed E-state index contributed by atoms with van der Waals surface area (Å²) in [6, 6.07) is 16.1. The number of amides is 1. The Balaban J connectivity index is 0.00000512. The third-order valence-electron chi connectivity index (χ3n) is 4.51. The van der Waals surface area contributed by atoms with E-state index >= 15 is 0 Å². The van der Waals surface area contributed by atoms with E-state index in [1.165, 1.54) is 5.56 Å². The van der Waals surface area contributed by atoms with E-state index in [1.54, 1.807) is 7.11 Å². The third-order valence-corrected chi connectivity index (χ3v) is 4.51. The average molecular weight is 554 g/mol. The Kier molecular flexibility index (Phi) is 14.1. The summed E-state index contributed by atoms with van der Waals surface area (Å²) < 4.78 is 10.9. The van der Waals surface area contributed by atoms with Crippen molar-refractivity contribution in [2.45, 2.75) is 26.8 Å². The van der Waals surface area contributed by atoms with E-state index in [1.807, 2.05) is 50.2 Å². The third kappa shape index (κ3) is 10.8. The summed E-state index contributed by atoms with van der Waals surface area (Å²) in [7, 11) is 1.65. The fourth-order valence-corrected chi connectivity index (χ4v) is 2.89. The van der Waals surface area contributed by atoms with Crippen molar-refractivity contribution in [3.63, 3.8) is 0 Å². The summed E-state index contributed by atoms with van der Waals surface area (Å²) >= 11 is 0. The smallest absolute Gasteiger partial charge is 0.239 e. The van der Waals surface area contributed by atoms with E-state index in [9.17, 15) is 4.79 Å². The van der Waals surface area contributed by atoms with Crippen molar-refractivity contribution in [3.05, 3.63) is 65.2 Å². The van der Waals surface area contributed by atoms with Crippen molar-refractivity contribution in [1.29, 1.82) is 0 Å². The van der Waals surface area contributed by atoms with Crippen LogP contribution in [-0.2, 0) is 22.5 Å². The zero-order valence-corrected chi connectivity index (χ0v) is 21.5. The Morgan fingerprint density at radius 1 is 1.03 bits per heavy atom. The summed E-state index contributed by atoms with van der Waals surface area (Å²) in [6.45, 7) is 6.93. The first-order valence-electron chi connectivity index (χ1n) is 10.7. The van der Waals surface area contributed by atoms with Crippen molar-refractivity contribution in [2.75, 3.05) is 40.0 Å². The fourth-order valence-electron chi connectivity index (χ4n) is 2.89. The molecule has 2 aromatic carbocycles. The van der Waals surface area contributed by atoms with Gasteiger partial charge in [0.05, 0.1) is 19.7 Å². The van der Waals surface area contributed by atoms with Gasteiger partial charge in [-0.1, -0.05) is 42.5 Å². The maximum atomic E-state index is 12.2. The normalized spacial score (nSPS) is 10.8. The number of rotatable bonds is 12. The molecular weight excluding hydrogens is 519 g/mol. The predicted molar refractivity (Wildman–Crippen MR) is 140 cm³/mol. The highest BCUT2D eigenvalue weighted by atomic mass is 127. The molecule has 0 atom stereocenters. The minimum atomic E-state index is -0.0690. The summed E-state index contributed by atoms with van der Waals surface area (Å²) in [6.07, 6.45) is 0.806. The van der Waals surface area contributed by atoms with Crippen LogP contribution in [0.2, 0.25) is 0 Å². The molecule has 0 saturated carbocycles. The molecule has 7 nitrogen and oxygen atoms in total. The Morgan fingerprint density at radius 2 is 1.81 bits per heavy atom. The molecule has 0 unspecified atom stereocenters. The molecule has 0 saturated heterocycles. The topological polar surface area (TPSA) is 84.0 Å². The highest BCUT2D eigenvalue weighted by Gasteiger charge is 2.07. The van der Waals surface area contributed by atoms with E-state index in [4.69, 9.17) is 9.47 Å². The van der Waals surface area contributed by atoms with Gasteiger partial charge < -0.3 is 25.4 Å². The number of aryl methyl sites for hydroxylation is 1. The van der Waals surface area contributed by atoms with Gasteiger partial charge in [0.2, 0.25) is 5.91 Å². The molecule has 1 amide bonds. The lowest BCUT2D eigenvalue weighted by Gasteiger charge is -2.13. The number of carbonyl (C=O) groups is 1. The molecule has 2 aromatic rings. The monoisotopic (exact) mass is 554 g/mol. The quantitative estimate of drug-likeness (QED) is 0.163. The molecule has 0 heterocycles. The Hall–Kier alpha value is -2.33. The fraction of sp³-hybridized carbons (Fsp3) is 0.417. The molecule has 32 heavy (non-hydrogen) atoms. The van der Waals surface area contributed by atoms with Crippen LogP contribution in [0.25, 0.3) is 0 Å². The molecule has 3 N–H and O–H groups in total. The molecule has 0 aliphatic rings. The lowest BCUT2D eigenvalue weighted by Crippen LogP contribution is -2.43. The number of ether oxygens (including phenoxy) is 2. The van der Waals surface area contributed by atoms with Gasteiger partial charge in [-0.15, -0.1) is 24.0 Å². The summed E-state index contributed by atoms with van der Waals surface area (Å²) in [5.74, 6) is 1.32. The lowest BCUT2D eigenvalue weighted by atomic mass is 10.1. The van der Waals surface area contributed by atoms with Crippen LogP contribution >= 0.6 is 24.0 Å². The van der Waals surface area contributed by atoms with E-state index in [-0.39, 0.29) is 36.4 Å². The number of hydrogen-bond acceptors (Lipinski definition) is 4. The lowest BCUT2D eigenvalue weighted by molar-refractivity contribution is -0.119. The first-order chi connectivity index (χ1) is 15.1. The molecule has 0 bridgehead atoms. The summed E-state index contributed by atoms with van der Waals surface area (Å²) in [5, 5.41) is 9.19. The number of hydrogen-bond donors (Lipinski definition) is 3. The molecule has 0 spiro atoms. The van der Waals surface area contributed by atoms with Crippen LogP contribution in [0.3, 0.4) is 0 Å². The highest BCUT2D eigenvalue weighted by Crippen LogP contribution is 2.21. The number of guanidine groups is 1. The van der Waals surface area contributed by atoms with Gasteiger partial charge in [0.15, 0.2) is 5.96 Å². The molecule has 0 fully saturated rings. The van der Waals surface area contributed by atoms with Gasteiger partial charge in [-0.25, -0.2) is 4.99 Å². The minimum absolute atomic E-state index is 0. The van der Waals surface area contributed by atoms with Gasteiger partial charge in [-0.05, 0) is 37.5 Å². The number of benzene rings is 2. The molecule has 0 aliphatic carbocycles. The number of methoxy groups -OCH3 is 1. The van der Waals surface area contributed by atoms with Gasteiger partial charge in [0.25, 0.3) is 0 Å². The SMILES string of the molecule is CCNC(=NCc1ccc(C)cc1OCCOC)NCC(=O)NCCc1ccccc1.I. The van der Waals surface area contributed by atoms with Gasteiger partial charge >= 0.3 is 0 Å². The van der Waals surface area contributed by atoms with E-state index in [2.05, 4.69) is 33.1 Å². The zero-order chi connectivity index (χ0) is 22.3. The van der Waals surface area contributed by atoms with E-state index < -0.39 is 0 Å². The number of nitrogens with one attached hydrogen (secondary N) is 3. The maximum Gasteiger partial charge on any atom is 0.239 e. The van der Waals surface area contributed by atoms with Crippen molar-refractivity contribution in [3.8, 4) is 5.75 Å². The van der Waals surface area contributed by atoms with Crippen molar-refractivity contribution >= 4 is 35.8 Å². The van der Waals surface area contributed by atoms with Crippen LogP contribution in [0.15, 0.2) is 53.5 Å².